The fraction of sp³-hybridized carbons (Fsp3) is 0.500. The Hall–Kier alpha value is -1.62. The first-order valence-corrected chi connectivity index (χ1v) is 5.84. The molecule has 0 aliphatic rings. The molecule has 0 aliphatic heterocycles. The summed E-state index contributed by atoms with van der Waals surface area (Å²) in [6.07, 6.45) is 5.19. The van der Waals surface area contributed by atoms with E-state index >= 15 is 0 Å². The van der Waals surface area contributed by atoms with Gasteiger partial charge in [-0.05, 0) is 18.6 Å². The quantitative estimate of drug-likeness (QED) is 0.791. The van der Waals surface area contributed by atoms with Crippen LogP contribution in [-0.4, -0.2) is 40.7 Å². The van der Waals surface area contributed by atoms with Crippen LogP contribution in [0.3, 0.4) is 0 Å². The molecule has 0 saturated carbocycles. The minimum Gasteiger partial charge on any atom is -0.395 e. The molecule has 17 heavy (non-hydrogen) atoms. The number of hydrogen-bond acceptors (Lipinski definition) is 3. The minimum absolute atomic E-state index is 0.0236. The lowest BCUT2D eigenvalue weighted by Gasteiger charge is -2.21. The van der Waals surface area contributed by atoms with Gasteiger partial charge in [0.1, 0.15) is 0 Å². The largest absolute Gasteiger partial charge is 0.395 e. The Morgan fingerprint density at radius 3 is 2.94 bits per heavy atom. The molecule has 0 aliphatic carbocycles. The molecule has 1 heterocycles. The first kappa shape index (κ1) is 13.4. The van der Waals surface area contributed by atoms with Crippen molar-refractivity contribution in [3.05, 3.63) is 24.5 Å². The number of pyridine rings is 1. The summed E-state index contributed by atoms with van der Waals surface area (Å²) in [6, 6.07) is 3.35. The number of aliphatic hydroxyl groups is 1. The summed E-state index contributed by atoms with van der Waals surface area (Å²) in [5.74, 6) is 0. The number of nitrogens with one attached hydrogen (secondary N) is 1. The maximum absolute atomic E-state index is 11.9. The van der Waals surface area contributed by atoms with Crippen molar-refractivity contribution in [3.63, 3.8) is 0 Å². The smallest absolute Gasteiger partial charge is 0.321 e. The number of hydrogen-bond donors (Lipinski definition) is 2. The Morgan fingerprint density at radius 2 is 2.35 bits per heavy atom. The summed E-state index contributed by atoms with van der Waals surface area (Å²) >= 11 is 0. The van der Waals surface area contributed by atoms with E-state index in [1.54, 1.807) is 29.4 Å². The zero-order valence-corrected chi connectivity index (χ0v) is 10.1. The van der Waals surface area contributed by atoms with E-state index in [0.29, 0.717) is 18.8 Å². The van der Waals surface area contributed by atoms with E-state index in [2.05, 4.69) is 17.2 Å². The fourth-order valence-electron chi connectivity index (χ4n) is 1.42. The van der Waals surface area contributed by atoms with Gasteiger partial charge in [-0.15, -0.1) is 0 Å². The van der Waals surface area contributed by atoms with Crippen molar-refractivity contribution in [2.45, 2.75) is 19.8 Å². The highest BCUT2D eigenvalue weighted by Crippen LogP contribution is 2.05. The van der Waals surface area contributed by atoms with Gasteiger partial charge in [-0.1, -0.05) is 13.3 Å². The molecule has 1 aromatic heterocycles. The molecule has 2 amide bonds. The fourth-order valence-corrected chi connectivity index (χ4v) is 1.42. The standard InChI is InChI=1S/C12H19N3O2/c1-2-3-7-15(8-9-16)12(17)14-11-5-4-6-13-10-11/h4-6,10,16H,2-3,7-9H2,1H3,(H,14,17). The van der Waals surface area contributed by atoms with Crippen molar-refractivity contribution < 1.29 is 9.90 Å². The molecular weight excluding hydrogens is 218 g/mol. The highest BCUT2D eigenvalue weighted by molar-refractivity contribution is 5.89. The van der Waals surface area contributed by atoms with Crippen LogP contribution in [-0.2, 0) is 0 Å². The zero-order valence-electron chi connectivity index (χ0n) is 10.1. The van der Waals surface area contributed by atoms with Crippen molar-refractivity contribution in [1.82, 2.24) is 9.88 Å². The topological polar surface area (TPSA) is 65.5 Å². The summed E-state index contributed by atoms with van der Waals surface area (Å²) in [7, 11) is 0. The number of anilines is 1. The second kappa shape index (κ2) is 7.62. The molecule has 5 nitrogen and oxygen atoms in total. The van der Waals surface area contributed by atoms with E-state index in [0.717, 1.165) is 12.8 Å². The van der Waals surface area contributed by atoms with Gasteiger partial charge in [-0.3, -0.25) is 4.98 Å². The Labute approximate surface area is 101 Å². The lowest BCUT2D eigenvalue weighted by atomic mass is 10.3. The third-order valence-electron chi connectivity index (χ3n) is 2.35. The molecular formula is C12H19N3O2. The van der Waals surface area contributed by atoms with Gasteiger partial charge in [0.05, 0.1) is 18.5 Å². The number of rotatable bonds is 6. The summed E-state index contributed by atoms with van der Waals surface area (Å²) in [4.78, 5) is 17.4. The minimum atomic E-state index is -0.194. The average Bonchev–Trinajstić information content (AvgIpc) is 2.35. The van der Waals surface area contributed by atoms with Crippen LogP contribution < -0.4 is 5.32 Å². The number of carbonyl (C=O) groups excluding carboxylic acids is 1. The van der Waals surface area contributed by atoms with Crippen LogP contribution in [0.5, 0.6) is 0 Å². The predicted octanol–water partition coefficient (Wildman–Crippen LogP) is 1.71. The summed E-state index contributed by atoms with van der Waals surface area (Å²) in [5, 5.41) is 11.7. The molecule has 0 aromatic carbocycles. The Kier molecular flexibility index (Phi) is 6.03. The van der Waals surface area contributed by atoms with Gasteiger partial charge in [0, 0.05) is 19.3 Å². The first-order valence-electron chi connectivity index (χ1n) is 5.84. The van der Waals surface area contributed by atoms with E-state index in [9.17, 15) is 4.79 Å². The number of urea groups is 1. The van der Waals surface area contributed by atoms with E-state index in [1.165, 1.54) is 0 Å². The van der Waals surface area contributed by atoms with E-state index in [-0.39, 0.29) is 12.6 Å². The third kappa shape index (κ3) is 4.82. The molecule has 0 bridgehead atoms. The highest BCUT2D eigenvalue weighted by Gasteiger charge is 2.12. The van der Waals surface area contributed by atoms with Gasteiger partial charge >= 0.3 is 6.03 Å². The van der Waals surface area contributed by atoms with E-state index in [4.69, 9.17) is 5.11 Å². The Morgan fingerprint density at radius 1 is 1.53 bits per heavy atom. The molecule has 94 valence electrons. The molecule has 0 unspecified atom stereocenters. The molecule has 0 spiro atoms. The number of aliphatic hydroxyl groups excluding tert-OH is 1. The van der Waals surface area contributed by atoms with Crippen LogP contribution in [0.1, 0.15) is 19.8 Å². The summed E-state index contributed by atoms with van der Waals surface area (Å²) < 4.78 is 0. The average molecular weight is 237 g/mol. The van der Waals surface area contributed by atoms with Crippen molar-refractivity contribution in [2.75, 3.05) is 25.0 Å². The van der Waals surface area contributed by atoms with Crippen molar-refractivity contribution in [2.24, 2.45) is 0 Å². The molecule has 5 heteroatoms. The first-order chi connectivity index (χ1) is 8.27. The van der Waals surface area contributed by atoms with Crippen LogP contribution in [0.4, 0.5) is 10.5 Å². The van der Waals surface area contributed by atoms with Crippen molar-refractivity contribution in [3.8, 4) is 0 Å². The number of carbonyl (C=O) groups is 1. The maximum atomic E-state index is 11.9. The van der Waals surface area contributed by atoms with Crippen molar-refractivity contribution >= 4 is 11.7 Å². The lowest BCUT2D eigenvalue weighted by molar-refractivity contribution is 0.187. The molecule has 0 radical (unpaired) electrons. The predicted molar refractivity (Wildman–Crippen MR) is 66.8 cm³/mol. The van der Waals surface area contributed by atoms with E-state index < -0.39 is 0 Å². The number of amides is 2. The molecule has 1 rings (SSSR count). The molecule has 0 atom stereocenters. The zero-order chi connectivity index (χ0) is 12.5. The van der Waals surface area contributed by atoms with Gasteiger partial charge in [0.25, 0.3) is 0 Å². The second-order valence-corrected chi connectivity index (χ2v) is 3.74. The Balaban J connectivity index is 2.52. The SMILES string of the molecule is CCCCN(CCO)C(=O)Nc1cccnc1. The molecule has 2 N–H and O–H groups in total. The molecule has 0 saturated heterocycles. The number of unbranched alkanes of at least 4 members (excludes halogenated alkanes) is 1. The van der Waals surface area contributed by atoms with Crippen LogP contribution in [0.25, 0.3) is 0 Å². The van der Waals surface area contributed by atoms with Gasteiger partial charge in [0.15, 0.2) is 0 Å². The van der Waals surface area contributed by atoms with Gasteiger partial charge in [0.2, 0.25) is 0 Å². The van der Waals surface area contributed by atoms with Crippen LogP contribution in [0.15, 0.2) is 24.5 Å². The van der Waals surface area contributed by atoms with Crippen molar-refractivity contribution in [1.29, 1.82) is 0 Å². The highest BCUT2D eigenvalue weighted by atomic mass is 16.3. The van der Waals surface area contributed by atoms with Gasteiger partial charge in [-0.2, -0.15) is 0 Å². The monoisotopic (exact) mass is 237 g/mol. The lowest BCUT2D eigenvalue weighted by Crippen LogP contribution is -2.37. The molecule has 0 fully saturated rings. The number of aromatic nitrogens is 1. The summed E-state index contributed by atoms with van der Waals surface area (Å²) in [6.45, 7) is 3.05. The second-order valence-electron chi connectivity index (χ2n) is 3.74. The van der Waals surface area contributed by atoms with Crippen LogP contribution in [0.2, 0.25) is 0 Å². The Bertz CT molecular complexity index is 330. The maximum Gasteiger partial charge on any atom is 0.321 e. The van der Waals surface area contributed by atoms with Gasteiger partial charge < -0.3 is 15.3 Å². The normalized spacial score (nSPS) is 10.0. The van der Waals surface area contributed by atoms with Crippen LogP contribution >= 0.6 is 0 Å². The molecule has 1 aromatic rings. The summed E-state index contributed by atoms with van der Waals surface area (Å²) in [5.41, 5.74) is 0.664. The van der Waals surface area contributed by atoms with E-state index in [1.807, 2.05) is 0 Å². The van der Waals surface area contributed by atoms with Crippen LogP contribution in [0, 0.1) is 0 Å². The number of nitrogens with zero attached hydrogens (tertiary/aromatic N) is 2. The third-order valence-corrected chi connectivity index (χ3v) is 2.35. The van der Waals surface area contributed by atoms with Gasteiger partial charge in [-0.25, -0.2) is 4.79 Å².